The van der Waals surface area contributed by atoms with Gasteiger partial charge in [0.15, 0.2) is 0 Å². The maximum absolute atomic E-state index is 12.2. The average Bonchev–Trinajstić information content (AvgIpc) is 2.50. The van der Waals surface area contributed by atoms with E-state index in [4.69, 9.17) is 5.73 Å². The summed E-state index contributed by atoms with van der Waals surface area (Å²) in [6.07, 6.45) is -1.94. The van der Waals surface area contributed by atoms with E-state index < -0.39 is 18.4 Å². The molecule has 0 unspecified atom stereocenters. The largest absolute Gasteiger partial charge is 0.341 e. The Labute approximate surface area is 75.9 Å². The lowest BCUT2D eigenvalue weighted by Crippen LogP contribution is -2.41. The smallest absolute Gasteiger partial charge is 0.243 e. The summed E-state index contributed by atoms with van der Waals surface area (Å²) in [5, 5.41) is 0. The van der Waals surface area contributed by atoms with Crippen molar-refractivity contribution in [2.24, 2.45) is 11.7 Å². The van der Waals surface area contributed by atoms with Gasteiger partial charge in [-0.3, -0.25) is 4.79 Å². The van der Waals surface area contributed by atoms with Crippen LogP contribution in [0.15, 0.2) is 0 Å². The fourth-order valence-corrected chi connectivity index (χ4v) is 1.48. The molecule has 5 heteroatoms. The summed E-state index contributed by atoms with van der Waals surface area (Å²) < 4.78 is 24.4. The Morgan fingerprint density at radius 2 is 2.23 bits per heavy atom. The van der Waals surface area contributed by atoms with Crippen LogP contribution in [0.1, 0.15) is 13.3 Å². The molecule has 3 nitrogen and oxygen atoms in total. The zero-order valence-corrected chi connectivity index (χ0v) is 7.54. The second-order valence-corrected chi connectivity index (χ2v) is 3.46. The zero-order chi connectivity index (χ0) is 10.0. The van der Waals surface area contributed by atoms with Crippen LogP contribution in [-0.2, 0) is 4.79 Å². The quantitative estimate of drug-likeness (QED) is 0.690. The molecule has 76 valence electrons. The van der Waals surface area contributed by atoms with Crippen LogP contribution in [-0.4, -0.2) is 36.4 Å². The van der Waals surface area contributed by atoms with E-state index in [1.807, 2.05) is 0 Å². The van der Waals surface area contributed by atoms with Gasteiger partial charge in [0.05, 0.1) is 6.04 Å². The predicted molar refractivity (Wildman–Crippen MR) is 44.3 cm³/mol. The van der Waals surface area contributed by atoms with Crippen LogP contribution in [0.25, 0.3) is 0 Å². The molecule has 2 N–H and O–H groups in total. The molecule has 0 aliphatic carbocycles. The molecule has 0 aromatic heterocycles. The maximum atomic E-state index is 12.2. The van der Waals surface area contributed by atoms with E-state index in [1.165, 1.54) is 4.90 Å². The number of carbonyl (C=O) groups is 1. The Morgan fingerprint density at radius 3 is 2.62 bits per heavy atom. The summed E-state index contributed by atoms with van der Waals surface area (Å²) in [5.41, 5.74) is 5.36. The first-order chi connectivity index (χ1) is 6.02. The highest BCUT2D eigenvalue weighted by atomic mass is 19.3. The van der Waals surface area contributed by atoms with Crippen LogP contribution in [0, 0.1) is 5.92 Å². The van der Waals surface area contributed by atoms with Crippen molar-refractivity contribution in [3.05, 3.63) is 0 Å². The molecule has 0 aromatic rings. The molecule has 1 aliphatic heterocycles. The van der Waals surface area contributed by atoms with Crippen molar-refractivity contribution in [3.63, 3.8) is 0 Å². The van der Waals surface area contributed by atoms with Gasteiger partial charge in [-0.05, 0) is 13.3 Å². The molecule has 0 spiro atoms. The van der Waals surface area contributed by atoms with Gasteiger partial charge in [-0.1, -0.05) is 0 Å². The second-order valence-electron chi connectivity index (χ2n) is 3.46. The third kappa shape index (κ3) is 2.37. The van der Waals surface area contributed by atoms with E-state index in [0.29, 0.717) is 13.0 Å². The van der Waals surface area contributed by atoms with Crippen LogP contribution in [0.2, 0.25) is 0 Å². The fourth-order valence-electron chi connectivity index (χ4n) is 1.48. The van der Waals surface area contributed by atoms with Crippen molar-refractivity contribution >= 4 is 5.91 Å². The number of halogens is 2. The summed E-state index contributed by atoms with van der Waals surface area (Å²) in [7, 11) is 0. The van der Waals surface area contributed by atoms with Gasteiger partial charge >= 0.3 is 0 Å². The van der Waals surface area contributed by atoms with E-state index in [-0.39, 0.29) is 12.5 Å². The molecular formula is C8H14F2N2O. The molecule has 1 fully saturated rings. The second kappa shape index (κ2) is 4.00. The number of hydrogen-bond acceptors (Lipinski definition) is 2. The third-order valence-corrected chi connectivity index (χ3v) is 2.28. The summed E-state index contributed by atoms with van der Waals surface area (Å²) in [4.78, 5) is 12.7. The van der Waals surface area contributed by atoms with E-state index in [9.17, 15) is 13.6 Å². The molecule has 13 heavy (non-hydrogen) atoms. The van der Waals surface area contributed by atoms with Crippen LogP contribution in [0.4, 0.5) is 8.78 Å². The molecule has 1 rings (SSSR count). The molecule has 1 saturated heterocycles. The minimum absolute atomic E-state index is 0.151. The van der Waals surface area contributed by atoms with E-state index in [2.05, 4.69) is 0 Å². The van der Waals surface area contributed by atoms with Gasteiger partial charge in [0, 0.05) is 19.0 Å². The Hall–Kier alpha value is -0.710. The van der Waals surface area contributed by atoms with Gasteiger partial charge in [0.25, 0.3) is 0 Å². The molecule has 0 bridgehead atoms. The molecular weight excluding hydrogens is 178 g/mol. The van der Waals surface area contributed by atoms with Crippen molar-refractivity contribution in [1.82, 2.24) is 4.90 Å². The lowest BCUT2D eigenvalue weighted by atomic mass is 10.1. The Bertz CT molecular complexity index is 197. The van der Waals surface area contributed by atoms with Crippen molar-refractivity contribution in [3.8, 4) is 0 Å². The van der Waals surface area contributed by atoms with E-state index >= 15 is 0 Å². The normalized spacial score (nSPS) is 25.3. The molecule has 0 aromatic carbocycles. The molecule has 2 atom stereocenters. The molecule has 1 heterocycles. The highest BCUT2D eigenvalue weighted by Gasteiger charge is 2.32. The fraction of sp³-hybridized carbons (Fsp3) is 0.875. The summed E-state index contributed by atoms with van der Waals surface area (Å²) >= 11 is 0. The van der Waals surface area contributed by atoms with Crippen molar-refractivity contribution in [2.45, 2.75) is 25.8 Å². The van der Waals surface area contributed by atoms with Crippen LogP contribution in [0.5, 0.6) is 0 Å². The monoisotopic (exact) mass is 192 g/mol. The number of nitrogens with two attached hydrogens (primary N) is 1. The van der Waals surface area contributed by atoms with Gasteiger partial charge in [0.2, 0.25) is 12.3 Å². The van der Waals surface area contributed by atoms with E-state index in [1.54, 1.807) is 6.92 Å². The average molecular weight is 192 g/mol. The number of carbonyl (C=O) groups excluding carboxylic acids is 1. The minimum atomic E-state index is -2.33. The SMILES string of the molecule is C[C@@H](N)C(=O)N1CC[C@@H](C(F)F)C1. The lowest BCUT2D eigenvalue weighted by Gasteiger charge is -2.18. The highest BCUT2D eigenvalue weighted by molar-refractivity contribution is 5.81. The summed E-state index contributed by atoms with van der Waals surface area (Å²) in [5.74, 6) is -0.897. The number of rotatable bonds is 2. The third-order valence-electron chi connectivity index (χ3n) is 2.28. The van der Waals surface area contributed by atoms with Crippen molar-refractivity contribution < 1.29 is 13.6 Å². The zero-order valence-electron chi connectivity index (χ0n) is 7.54. The van der Waals surface area contributed by atoms with Crippen LogP contribution >= 0.6 is 0 Å². The number of nitrogens with zero attached hydrogens (tertiary/aromatic N) is 1. The lowest BCUT2D eigenvalue weighted by molar-refractivity contribution is -0.131. The molecule has 0 radical (unpaired) electrons. The standard InChI is InChI=1S/C8H14F2N2O/c1-5(11)8(13)12-3-2-6(4-12)7(9)10/h5-7H,2-4,11H2,1H3/t5-,6-/m1/s1. The maximum Gasteiger partial charge on any atom is 0.243 e. The van der Waals surface area contributed by atoms with Crippen molar-refractivity contribution in [1.29, 1.82) is 0 Å². The van der Waals surface area contributed by atoms with Gasteiger partial charge in [0.1, 0.15) is 0 Å². The summed E-state index contributed by atoms with van der Waals surface area (Å²) in [6.45, 7) is 2.13. The minimum Gasteiger partial charge on any atom is -0.341 e. The molecule has 1 aliphatic rings. The number of amides is 1. The highest BCUT2D eigenvalue weighted by Crippen LogP contribution is 2.22. The number of alkyl halides is 2. The van der Waals surface area contributed by atoms with Crippen LogP contribution in [0.3, 0.4) is 0 Å². The summed E-state index contributed by atoms with van der Waals surface area (Å²) in [6, 6.07) is -0.587. The van der Waals surface area contributed by atoms with Gasteiger partial charge in [-0.2, -0.15) is 0 Å². The first kappa shape index (κ1) is 10.4. The van der Waals surface area contributed by atoms with Gasteiger partial charge in [-0.25, -0.2) is 8.78 Å². The van der Waals surface area contributed by atoms with Gasteiger partial charge < -0.3 is 10.6 Å². The van der Waals surface area contributed by atoms with Crippen LogP contribution < -0.4 is 5.73 Å². The van der Waals surface area contributed by atoms with E-state index in [0.717, 1.165) is 0 Å². The number of hydrogen-bond donors (Lipinski definition) is 1. The Morgan fingerprint density at radius 1 is 1.62 bits per heavy atom. The topological polar surface area (TPSA) is 46.3 Å². The molecule has 1 amide bonds. The first-order valence-electron chi connectivity index (χ1n) is 4.35. The van der Waals surface area contributed by atoms with Crippen molar-refractivity contribution in [2.75, 3.05) is 13.1 Å². The Kier molecular flexibility index (Phi) is 3.19. The Balaban J connectivity index is 2.45. The van der Waals surface area contributed by atoms with Gasteiger partial charge in [-0.15, -0.1) is 0 Å². The predicted octanol–water partition coefficient (Wildman–Crippen LogP) is 0.447. The number of likely N-dealkylation sites (tertiary alicyclic amines) is 1. The molecule has 0 saturated carbocycles. The first-order valence-corrected chi connectivity index (χ1v) is 4.35.